The molecular weight excluding hydrogens is 340 g/mol. The van der Waals surface area contributed by atoms with Crippen molar-refractivity contribution in [1.29, 1.82) is 5.26 Å². The van der Waals surface area contributed by atoms with E-state index in [1.165, 1.54) is 29.5 Å². The third-order valence-corrected chi connectivity index (χ3v) is 6.48. The van der Waals surface area contributed by atoms with Crippen molar-refractivity contribution in [3.63, 3.8) is 0 Å². The number of aromatic nitrogens is 1. The van der Waals surface area contributed by atoms with Crippen LogP contribution in [0, 0.1) is 11.3 Å². The van der Waals surface area contributed by atoms with Gasteiger partial charge < -0.3 is 10.6 Å². The molecule has 3 unspecified atom stereocenters. The van der Waals surface area contributed by atoms with Crippen LogP contribution in [0.3, 0.4) is 0 Å². The average Bonchev–Trinajstić information content (AvgIpc) is 3.32. The summed E-state index contributed by atoms with van der Waals surface area (Å²) in [6.45, 7) is 0. The minimum Gasteiger partial charge on any atom is -0.348 e. The van der Waals surface area contributed by atoms with Crippen LogP contribution in [0.1, 0.15) is 35.3 Å². The summed E-state index contributed by atoms with van der Waals surface area (Å²) in [5.74, 6) is -0.00749. The van der Waals surface area contributed by atoms with E-state index in [0.29, 0.717) is 23.3 Å². The second-order valence-electron chi connectivity index (χ2n) is 6.10. The van der Waals surface area contributed by atoms with E-state index in [-0.39, 0.29) is 11.9 Å². The highest BCUT2D eigenvalue weighted by atomic mass is 32.2. The van der Waals surface area contributed by atoms with Crippen molar-refractivity contribution < 1.29 is 4.79 Å². The van der Waals surface area contributed by atoms with Gasteiger partial charge in [0.25, 0.3) is 5.91 Å². The first-order valence-corrected chi connectivity index (χ1v) is 9.61. The summed E-state index contributed by atoms with van der Waals surface area (Å²) < 4.78 is 0.830. The zero-order valence-electron chi connectivity index (χ0n) is 12.9. The van der Waals surface area contributed by atoms with Gasteiger partial charge in [-0.1, -0.05) is 11.8 Å². The monoisotopic (exact) mass is 356 g/mol. The molecule has 2 aliphatic heterocycles. The maximum atomic E-state index is 12.4. The lowest BCUT2D eigenvalue weighted by Crippen LogP contribution is -2.42. The molecular formula is C17H16N4OS2. The zero-order valence-corrected chi connectivity index (χ0v) is 14.5. The van der Waals surface area contributed by atoms with E-state index in [9.17, 15) is 4.79 Å². The van der Waals surface area contributed by atoms with Gasteiger partial charge in [0, 0.05) is 34.0 Å². The van der Waals surface area contributed by atoms with Gasteiger partial charge in [0.2, 0.25) is 0 Å². The molecule has 7 heteroatoms. The molecule has 0 aliphatic carbocycles. The highest BCUT2D eigenvalue weighted by Gasteiger charge is 2.39. The molecule has 0 radical (unpaired) electrons. The Hall–Kier alpha value is -1.88. The van der Waals surface area contributed by atoms with Crippen molar-refractivity contribution in [2.45, 2.75) is 46.6 Å². The van der Waals surface area contributed by atoms with E-state index in [4.69, 9.17) is 5.26 Å². The molecule has 2 bridgehead atoms. The van der Waals surface area contributed by atoms with Crippen LogP contribution in [0.2, 0.25) is 0 Å². The summed E-state index contributed by atoms with van der Waals surface area (Å²) in [4.78, 5) is 17.6. The molecule has 4 rings (SSSR count). The predicted molar refractivity (Wildman–Crippen MR) is 93.2 cm³/mol. The van der Waals surface area contributed by atoms with Gasteiger partial charge >= 0.3 is 0 Å². The van der Waals surface area contributed by atoms with Gasteiger partial charge in [0.1, 0.15) is 6.07 Å². The molecule has 2 aliphatic rings. The minimum absolute atomic E-state index is 0.00749. The molecule has 5 nitrogen and oxygen atoms in total. The standard InChI is InChI=1S/C17H16N4OS2/c18-8-12-9-23-17(20-12)24-13-4-1-10(2-5-13)16(22)21-15-7-11-3-6-14(15)19-11/h1-2,4-5,9,11,14-15,19H,3,6-7H2,(H,21,22). The molecule has 0 spiro atoms. The fraction of sp³-hybridized carbons (Fsp3) is 0.353. The fourth-order valence-corrected chi connectivity index (χ4v) is 5.08. The highest BCUT2D eigenvalue weighted by molar-refractivity contribution is 8.01. The predicted octanol–water partition coefficient (Wildman–Crippen LogP) is 2.79. The third-order valence-electron chi connectivity index (χ3n) is 4.54. The number of carbonyl (C=O) groups excluding carboxylic acids is 1. The molecule has 0 saturated carbocycles. The molecule has 2 fully saturated rings. The van der Waals surface area contributed by atoms with Crippen LogP contribution < -0.4 is 10.6 Å². The molecule has 122 valence electrons. The highest BCUT2D eigenvalue weighted by Crippen LogP contribution is 2.31. The Labute approximate surface area is 148 Å². The maximum Gasteiger partial charge on any atom is 0.251 e. The number of thiazole rings is 1. The quantitative estimate of drug-likeness (QED) is 0.881. The molecule has 24 heavy (non-hydrogen) atoms. The summed E-state index contributed by atoms with van der Waals surface area (Å²) in [5.41, 5.74) is 1.12. The number of fused-ring (bicyclic) bond motifs is 2. The van der Waals surface area contributed by atoms with Crippen LogP contribution in [0.5, 0.6) is 0 Å². The molecule has 2 aromatic rings. The average molecular weight is 356 g/mol. The van der Waals surface area contributed by atoms with E-state index < -0.39 is 0 Å². The third kappa shape index (κ3) is 3.18. The molecule has 1 amide bonds. The van der Waals surface area contributed by atoms with Gasteiger partial charge in [-0.2, -0.15) is 5.26 Å². The van der Waals surface area contributed by atoms with Crippen molar-refractivity contribution >= 4 is 29.0 Å². The Morgan fingerprint density at radius 1 is 1.38 bits per heavy atom. The van der Waals surface area contributed by atoms with E-state index in [1.54, 1.807) is 5.38 Å². The number of nitrogens with one attached hydrogen (secondary N) is 2. The number of carbonyl (C=O) groups is 1. The van der Waals surface area contributed by atoms with Gasteiger partial charge in [-0.15, -0.1) is 11.3 Å². The van der Waals surface area contributed by atoms with Crippen molar-refractivity contribution in [3.05, 3.63) is 40.9 Å². The number of hydrogen-bond acceptors (Lipinski definition) is 6. The topological polar surface area (TPSA) is 77.8 Å². The summed E-state index contributed by atoms with van der Waals surface area (Å²) >= 11 is 2.95. The molecule has 2 N–H and O–H groups in total. The van der Waals surface area contributed by atoms with E-state index in [1.807, 2.05) is 30.3 Å². The minimum atomic E-state index is -0.00749. The summed E-state index contributed by atoms with van der Waals surface area (Å²) in [6.07, 6.45) is 3.42. The summed E-state index contributed by atoms with van der Waals surface area (Å²) in [6, 6.07) is 10.8. The first-order valence-electron chi connectivity index (χ1n) is 7.92. The Balaban J connectivity index is 1.38. The van der Waals surface area contributed by atoms with E-state index in [0.717, 1.165) is 22.1 Å². The van der Waals surface area contributed by atoms with Crippen LogP contribution in [0.15, 0.2) is 38.9 Å². The Morgan fingerprint density at radius 3 is 2.83 bits per heavy atom. The SMILES string of the molecule is N#Cc1csc(Sc2ccc(C(=O)NC3CC4CCC3N4)cc2)n1. The fourth-order valence-electron chi connectivity index (χ4n) is 3.37. The van der Waals surface area contributed by atoms with E-state index >= 15 is 0 Å². The largest absolute Gasteiger partial charge is 0.348 e. The zero-order chi connectivity index (χ0) is 16.5. The number of benzene rings is 1. The molecule has 1 aromatic heterocycles. The second kappa shape index (κ2) is 6.55. The van der Waals surface area contributed by atoms with Crippen LogP contribution in [-0.2, 0) is 0 Å². The maximum absolute atomic E-state index is 12.4. The normalized spacial score (nSPS) is 24.7. The number of nitrogens with zero attached hydrogens (tertiary/aromatic N) is 2. The van der Waals surface area contributed by atoms with E-state index in [2.05, 4.69) is 15.6 Å². The van der Waals surface area contributed by atoms with Gasteiger partial charge in [-0.25, -0.2) is 4.98 Å². The number of amides is 1. The lowest BCUT2D eigenvalue weighted by Gasteiger charge is -2.21. The molecule has 1 aromatic carbocycles. The number of hydrogen-bond donors (Lipinski definition) is 2. The van der Waals surface area contributed by atoms with Crippen LogP contribution in [0.4, 0.5) is 0 Å². The van der Waals surface area contributed by atoms with Crippen molar-refractivity contribution in [1.82, 2.24) is 15.6 Å². The first-order chi connectivity index (χ1) is 11.7. The summed E-state index contributed by atoms with van der Waals surface area (Å²) in [7, 11) is 0. The van der Waals surface area contributed by atoms with Crippen LogP contribution >= 0.6 is 23.1 Å². The van der Waals surface area contributed by atoms with Crippen molar-refractivity contribution in [2.24, 2.45) is 0 Å². The van der Waals surface area contributed by atoms with Gasteiger partial charge in [-0.05, 0) is 43.5 Å². The molecule has 3 heterocycles. The molecule has 2 saturated heterocycles. The second-order valence-corrected chi connectivity index (χ2v) is 8.28. The number of rotatable bonds is 4. The summed E-state index contributed by atoms with van der Waals surface area (Å²) in [5, 5.41) is 17.2. The van der Waals surface area contributed by atoms with Gasteiger partial charge in [0.05, 0.1) is 0 Å². The Kier molecular flexibility index (Phi) is 4.27. The first kappa shape index (κ1) is 15.6. The van der Waals surface area contributed by atoms with Crippen molar-refractivity contribution in [2.75, 3.05) is 0 Å². The van der Waals surface area contributed by atoms with Gasteiger partial charge in [0.15, 0.2) is 10.0 Å². The molecule has 3 atom stereocenters. The van der Waals surface area contributed by atoms with Gasteiger partial charge in [-0.3, -0.25) is 4.79 Å². The Morgan fingerprint density at radius 2 is 2.21 bits per heavy atom. The lowest BCUT2D eigenvalue weighted by atomic mass is 9.95. The van der Waals surface area contributed by atoms with Crippen LogP contribution in [0.25, 0.3) is 0 Å². The smallest absolute Gasteiger partial charge is 0.251 e. The van der Waals surface area contributed by atoms with Crippen LogP contribution in [-0.4, -0.2) is 29.0 Å². The van der Waals surface area contributed by atoms with Crippen molar-refractivity contribution in [3.8, 4) is 6.07 Å². The number of nitriles is 1. The Bertz CT molecular complexity index is 796. The lowest BCUT2D eigenvalue weighted by molar-refractivity contribution is 0.0931.